The minimum absolute atomic E-state index is 0.0590. The molecule has 0 aliphatic heterocycles. The van der Waals surface area contributed by atoms with Crippen LogP contribution < -0.4 is 0 Å². The number of alkyl halides is 3. The maximum Gasteiger partial charge on any atom is 0.416 e. The lowest BCUT2D eigenvalue weighted by molar-refractivity contribution is -0.138. The Morgan fingerprint density at radius 3 is 2.29 bits per heavy atom. The third-order valence-corrected chi connectivity index (χ3v) is 6.73. The van der Waals surface area contributed by atoms with Gasteiger partial charge in [-0.25, -0.2) is 0 Å². The number of halogens is 3. The molecule has 1 aliphatic carbocycles. The van der Waals surface area contributed by atoms with Gasteiger partial charge in [0.15, 0.2) is 0 Å². The summed E-state index contributed by atoms with van der Waals surface area (Å²) < 4.78 is 52.3. The summed E-state index contributed by atoms with van der Waals surface area (Å²) in [5.41, 5.74) is 3.61. The highest BCUT2D eigenvalue weighted by Gasteiger charge is 2.30. The molecule has 2 aromatic rings. The number of carboxylic acids is 1. The van der Waals surface area contributed by atoms with Crippen LogP contribution in [0.1, 0.15) is 35.4 Å². The number of aromatic nitrogens is 2. The molecule has 1 atom stereocenters. The molecule has 31 heavy (non-hydrogen) atoms. The normalized spacial score (nSPS) is 15.4. The summed E-state index contributed by atoms with van der Waals surface area (Å²) in [6, 6.07) is 4.43. The topological polar surface area (TPSA) is 72.2 Å². The summed E-state index contributed by atoms with van der Waals surface area (Å²) in [4.78, 5) is 11.4. The quantitative estimate of drug-likeness (QED) is 0.667. The van der Waals surface area contributed by atoms with E-state index in [2.05, 4.69) is 5.10 Å². The zero-order valence-corrected chi connectivity index (χ0v) is 18.0. The Kier molecular flexibility index (Phi) is 6.83. The van der Waals surface area contributed by atoms with Gasteiger partial charge in [-0.3, -0.25) is 13.7 Å². The molecule has 0 spiro atoms. The van der Waals surface area contributed by atoms with Crippen molar-refractivity contribution in [1.82, 2.24) is 9.78 Å². The lowest BCUT2D eigenvalue weighted by Gasteiger charge is -2.16. The fraction of sp³-hybridized carbons (Fsp3) is 0.364. The van der Waals surface area contributed by atoms with Gasteiger partial charge in [-0.1, -0.05) is 17.7 Å². The zero-order chi connectivity index (χ0) is 22.8. The second-order valence-corrected chi connectivity index (χ2v) is 8.99. The average Bonchev–Trinajstić information content (AvgIpc) is 2.96. The number of rotatable bonds is 7. The van der Waals surface area contributed by atoms with Gasteiger partial charge in [-0.2, -0.15) is 18.3 Å². The Hall–Kier alpha value is -2.68. The summed E-state index contributed by atoms with van der Waals surface area (Å²) in [6.07, 6.45) is 0.854. The smallest absolute Gasteiger partial charge is 0.416 e. The highest BCUT2D eigenvalue weighted by Crippen LogP contribution is 2.30. The van der Waals surface area contributed by atoms with Crippen LogP contribution in [0.3, 0.4) is 0 Å². The molecule has 166 valence electrons. The molecule has 0 radical (unpaired) electrons. The summed E-state index contributed by atoms with van der Waals surface area (Å²) in [6.45, 7) is 4.21. The summed E-state index contributed by atoms with van der Waals surface area (Å²) in [5.74, 6) is -0.617. The van der Waals surface area contributed by atoms with Crippen molar-refractivity contribution in [3.05, 3.63) is 70.1 Å². The van der Waals surface area contributed by atoms with Gasteiger partial charge in [-0.05, 0) is 56.5 Å². The van der Waals surface area contributed by atoms with Crippen LogP contribution in [0.4, 0.5) is 13.2 Å². The molecule has 0 saturated heterocycles. The largest absolute Gasteiger partial charge is 0.481 e. The van der Waals surface area contributed by atoms with Gasteiger partial charge in [0.2, 0.25) is 0 Å². The fourth-order valence-electron chi connectivity index (χ4n) is 3.51. The first kappa shape index (κ1) is 23.0. The molecule has 0 fully saturated rings. The van der Waals surface area contributed by atoms with Crippen LogP contribution in [0, 0.1) is 13.8 Å². The lowest BCUT2D eigenvalue weighted by Crippen LogP contribution is -2.10. The van der Waals surface area contributed by atoms with Crippen LogP contribution >= 0.6 is 0 Å². The van der Waals surface area contributed by atoms with Gasteiger partial charge < -0.3 is 5.11 Å². The van der Waals surface area contributed by atoms with Gasteiger partial charge in [0, 0.05) is 21.9 Å². The summed E-state index contributed by atoms with van der Waals surface area (Å²) in [7, 11) is -1.41. The molecule has 0 saturated carbocycles. The van der Waals surface area contributed by atoms with E-state index in [0.717, 1.165) is 41.0 Å². The molecular formula is C22H23F3N2O3S. The van der Waals surface area contributed by atoms with Crippen molar-refractivity contribution >= 4 is 16.8 Å². The van der Waals surface area contributed by atoms with Gasteiger partial charge >= 0.3 is 12.1 Å². The maximum absolute atomic E-state index is 12.7. The van der Waals surface area contributed by atoms with E-state index in [4.69, 9.17) is 5.11 Å². The van der Waals surface area contributed by atoms with Gasteiger partial charge in [0.05, 0.1) is 35.0 Å². The number of hydrogen-bond donors (Lipinski definition) is 1. The second-order valence-electron chi connectivity index (χ2n) is 7.54. The lowest BCUT2D eigenvalue weighted by atomic mass is 9.99. The SMILES string of the molecule is Cc1nn(CC2=CC=C(CS(=O)c3ccc(C(F)(F)F)cc3)CC2)c(C)c1CC(=O)O. The van der Waals surface area contributed by atoms with E-state index in [1.165, 1.54) is 12.1 Å². The number of aryl methyl sites for hydroxylation is 1. The molecule has 1 aromatic heterocycles. The Labute approximate surface area is 180 Å². The van der Waals surface area contributed by atoms with Crippen LogP contribution in [-0.2, 0) is 34.7 Å². The van der Waals surface area contributed by atoms with Crippen LogP contribution in [0.25, 0.3) is 0 Å². The number of nitrogens with zero attached hydrogens (tertiary/aromatic N) is 2. The Morgan fingerprint density at radius 2 is 1.74 bits per heavy atom. The minimum atomic E-state index is -4.41. The Morgan fingerprint density at radius 1 is 1.13 bits per heavy atom. The zero-order valence-electron chi connectivity index (χ0n) is 17.2. The number of carbonyl (C=O) groups is 1. The van der Waals surface area contributed by atoms with Crippen LogP contribution in [-0.4, -0.2) is 30.8 Å². The van der Waals surface area contributed by atoms with Crippen molar-refractivity contribution in [2.24, 2.45) is 0 Å². The molecule has 0 bridgehead atoms. The molecule has 1 heterocycles. The van der Waals surface area contributed by atoms with Crippen LogP contribution in [0.5, 0.6) is 0 Å². The highest BCUT2D eigenvalue weighted by atomic mass is 32.2. The molecule has 5 nitrogen and oxygen atoms in total. The molecule has 1 aliphatic rings. The second kappa shape index (κ2) is 9.21. The van der Waals surface area contributed by atoms with Crippen molar-refractivity contribution in [2.75, 3.05) is 5.75 Å². The predicted molar refractivity (Wildman–Crippen MR) is 111 cm³/mol. The average molecular weight is 452 g/mol. The standard InChI is InChI=1S/C22H23F3N2O3S/c1-14-20(11-21(28)29)15(2)27(26-14)12-16-3-5-17(6-4-16)13-31(30)19-9-7-18(8-10-19)22(23,24)25/h3,5,7-10H,4,6,11-13H2,1-2H3,(H,28,29). The number of allylic oxidation sites excluding steroid dienone is 3. The number of carboxylic acid groups (broad SMARTS) is 1. The molecule has 1 N–H and O–H groups in total. The van der Waals surface area contributed by atoms with Crippen molar-refractivity contribution in [1.29, 1.82) is 0 Å². The van der Waals surface area contributed by atoms with Gasteiger partial charge in [-0.15, -0.1) is 0 Å². The first-order valence-electron chi connectivity index (χ1n) is 9.72. The van der Waals surface area contributed by atoms with Crippen molar-refractivity contribution in [2.45, 2.75) is 50.7 Å². The number of benzene rings is 1. The third-order valence-electron chi connectivity index (χ3n) is 5.30. The molecule has 1 unspecified atom stereocenters. The van der Waals surface area contributed by atoms with E-state index in [0.29, 0.717) is 23.6 Å². The summed E-state index contributed by atoms with van der Waals surface area (Å²) >= 11 is 0. The maximum atomic E-state index is 12.7. The van der Waals surface area contributed by atoms with E-state index in [1.807, 2.05) is 19.1 Å². The van der Waals surface area contributed by atoms with Crippen molar-refractivity contribution in [3.8, 4) is 0 Å². The van der Waals surface area contributed by atoms with Crippen LogP contribution in [0.15, 0.2) is 52.5 Å². The number of hydrogen-bond acceptors (Lipinski definition) is 3. The molecule has 3 rings (SSSR count). The van der Waals surface area contributed by atoms with E-state index in [1.54, 1.807) is 11.6 Å². The summed E-state index contributed by atoms with van der Waals surface area (Å²) in [5, 5.41) is 13.5. The van der Waals surface area contributed by atoms with Crippen molar-refractivity contribution in [3.63, 3.8) is 0 Å². The van der Waals surface area contributed by atoms with E-state index in [-0.39, 0.29) is 12.2 Å². The van der Waals surface area contributed by atoms with Gasteiger partial charge in [0.25, 0.3) is 0 Å². The number of aliphatic carboxylic acids is 1. The van der Waals surface area contributed by atoms with Crippen molar-refractivity contribution < 1.29 is 27.3 Å². The first-order chi connectivity index (χ1) is 14.5. The Balaban J connectivity index is 1.65. The monoisotopic (exact) mass is 452 g/mol. The predicted octanol–water partition coefficient (Wildman–Crippen LogP) is 4.60. The molecular weight excluding hydrogens is 429 g/mol. The van der Waals surface area contributed by atoms with Gasteiger partial charge in [0.1, 0.15) is 0 Å². The van der Waals surface area contributed by atoms with E-state index < -0.39 is 28.5 Å². The Bertz CT molecular complexity index is 1070. The fourth-order valence-corrected chi connectivity index (χ4v) is 4.69. The molecule has 1 aromatic carbocycles. The highest BCUT2D eigenvalue weighted by molar-refractivity contribution is 7.85. The molecule has 9 heteroatoms. The molecule has 0 amide bonds. The van der Waals surface area contributed by atoms with Crippen LogP contribution in [0.2, 0.25) is 0 Å². The van der Waals surface area contributed by atoms with E-state index in [9.17, 15) is 22.2 Å². The minimum Gasteiger partial charge on any atom is -0.481 e. The van der Waals surface area contributed by atoms with E-state index >= 15 is 0 Å². The first-order valence-corrected chi connectivity index (χ1v) is 11.0. The third kappa shape index (κ3) is 5.72.